The van der Waals surface area contributed by atoms with Gasteiger partial charge in [0.1, 0.15) is 0 Å². The van der Waals surface area contributed by atoms with Crippen molar-refractivity contribution in [3.05, 3.63) is 35.4 Å². The molecular formula is C18H29NO2. The normalized spacial score (nSPS) is 19.1. The van der Waals surface area contributed by atoms with E-state index in [4.69, 9.17) is 0 Å². The molecule has 0 saturated heterocycles. The van der Waals surface area contributed by atoms with Crippen molar-refractivity contribution in [2.45, 2.75) is 51.6 Å². The van der Waals surface area contributed by atoms with E-state index in [1.165, 1.54) is 18.4 Å². The van der Waals surface area contributed by atoms with Gasteiger partial charge in [0.05, 0.1) is 6.10 Å². The van der Waals surface area contributed by atoms with Gasteiger partial charge in [-0.25, -0.2) is 0 Å². The van der Waals surface area contributed by atoms with Crippen molar-refractivity contribution in [2.75, 3.05) is 19.7 Å². The van der Waals surface area contributed by atoms with Crippen LogP contribution in [0.4, 0.5) is 0 Å². The second-order valence-electron chi connectivity index (χ2n) is 6.83. The molecule has 1 saturated carbocycles. The van der Waals surface area contributed by atoms with Crippen molar-refractivity contribution < 1.29 is 10.2 Å². The van der Waals surface area contributed by atoms with E-state index in [0.717, 1.165) is 24.9 Å². The van der Waals surface area contributed by atoms with Gasteiger partial charge in [0.15, 0.2) is 0 Å². The lowest BCUT2D eigenvalue weighted by atomic mass is 9.87. The largest absolute Gasteiger partial charge is 0.396 e. The average Bonchev–Trinajstić information content (AvgIpc) is 2.96. The predicted molar refractivity (Wildman–Crippen MR) is 86.3 cm³/mol. The zero-order valence-electron chi connectivity index (χ0n) is 13.3. The molecule has 1 aliphatic carbocycles. The molecule has 0 radical (unpaired) electrons. The van der Waals surface area contributed by atoms with Crippen molar-refractivity contribution in [1.82, 2.24) is 5.32 Å². The van der Waals surface area contributed by atoms with Crippen LogP contribution in [0, 0.1) is 5.41 Å². The van der Waals surface area contributed by atoms with Crippen molar-refractivity contribution in [3.8, 4) is 0 Å². The molecule has 3 heteroatoms. The number of aliphatic hydroxyl groups excluding tert-OH is 2. The molecule has 1 aromatic carbocycles. The third-order valence-electron chi connectivity index (χ3n) is 4.83. The summed E-state index contributed by atoms with van der Waals surface area (Å²) in [6.45, 7) is 5.93. The number of rotatable bonds is 7. The molecule has 1 fully saturated rings. The van der Waals surface area contributed by atoms with E-state index < -0.39 is 6.10 Å². The fourth-order valence-electron chi connectivity index (χ4n) is 3.21. The van der Waals surface area contributed by atoms with Crippen LogP contribution in [0.25, 0.3) is 0 Å². The van der Waals surface area contributed by atoms with Gasteiger partial charge in [-0.05, 0) is 29.9 Å². The molecule has 0 bridgehead atoms. The first-order valence-electron chi connectivity index (χ1n) is 8.16. The molecule has 1 aromatic rings. The zero-order chi connectivity index (χ0) is 15.3. The molecule has 0 spiro atoms. The highest BCUT2D eigenvalue weighted by Gasteiger charge is 2.32. The van der Waals surface area contributed by atoms with Crippen molar-refractivity contribution >= 4 is 0 Å². The fraction of sp³-hybridized carbons (Fsp3) is 0.667. The number of benzene rings is 1. The summed E-state index contributed by atoms with van der Waals surface area (Å²) >= 11 is 0. The highest BCUT2D eigenvalue weighted by molar-refractivity contribution is 5.26. The minimum Gasteiger partial charge on any atom is -0.396 e. The molecule has 0 aromatic heterocycles. The Labute approximate surface area is 128 Å². The zero-order valence-corrected chi connectivity index (χ0v) is 13.3. The SMILES string of the molecule is CC(C)c1ccc(C(O)CNCC2(CO)CCCC2)cc1. The Morgan fingerprint density at radius 3 is 2.19 bits per heavy atom. The van der Waals surface area contributed by atoms with Gasteiger partial charge in [0.2, 0.25) is 0 Å². The Hall–Kier alpha value is -0.900. The molecule has 2 rings (SSSR count). The van der Waals surface area contributed by atoms with Crippen LogP contribution in [0.3, 0.4) is 0 Å². The standard InChI is InChI=1S/C18H29NO2/c1-14(2)15-5-7-16(8-6-15)17(21)11-19-12-18(13-20)9-3-4-10-18/h5-8,14,17,19-21H,3-4,9-13H2,1-2H3. The summed E-state index contributed by atoms with van der Waals surface area (Å²) in [6, 6.07) is 8.21. The summed E-state index contributed by atoms with van der Waals surface area (Å²) < 4.78 is 0. The molecule has 118 valence electrons. The van der Waals surface area contributed by atoms with Crippen molar-refractivity contribution in [1.29, 1.82) is 0 Å². The molecule has 0 aliphatic heterocycles. The molecule has 1 atom stereocenters. The van der Waals surface area contributed by atoms with Gasteiger partial charge in [-0.3, -0.25) is 0 Å². The fourth-order valence-corrected chi connectivity index (χ4v) is 3.21. The first-order chi connectivity index (χ1) is 10.1. The maximum Gasteiger partial charge on any atom is 0.0914 e. The molecule has 21 heavy (non-hydrogen) atoms. The molecule has 1 aliphatic rings. The first kappa shape index (κ1) is 16.5. The van der Waals surface area contributed by atoms with Crippen LogP contribution in [0.5, 0.6) is 0 Å². The Bertz CT molecular complexity index is 421. The Morgan fingerprint density at radius 2 is 1.67 bits per heavy atom. The van der Waals surface area contributed by atoms with Crippen LogP contribution < -0.4 is 5.32 Å². The van der Waals surface area contributed by atoms with E-state index in [9.17, 15) is 10.2 Å². The maximum absolute atomic E-state index is 10.3. The lowest BCUT2D eigenvalue weighted by Crippen LogP contribution is -2.37. The van der Waals surface area contributed by atoms with Crippen molar-refractivity contribution in [3.63, 3.8) is 0 Å². The summed E-state index contributed by atoms with van der Waals surface area (Å²) in [7, 11) is 0. The number of nitrogens with one attached hydrogen (secondary N) is 1. The van der Waals surface area contributed by atoms with E-state index in [0.29, 0.717) is 12.5 Å². The second-order valence-corrected chi connectivity index (χ2v) is 6.83. The maximum atomic E-state index is 10.3. The van der Waals surface area contributed by atoms with Crippen LogP contribution in [-0.4, -0.2) is 29.9 Å². The van der Waals surface area contributed by atoms with Gasteiger partial charge in [0.25, 0.3) is 0 Å². The number of hydrogen-bond donors (Lipinski definition) is 3. The van der Waals surface area contributed by atoms with E-state index in [2.05, 4.69) is 31.3 Å². The van der Waals surface area contributed by atoms with E-state index in [-0.39, 0.29) is 12.0 Å². The average molecular weight is 291 g/mol. The lowest BCUT2D eigenvalue weighted by Gasteiger charge is -2.27. The van der Waals surface area contributed by atoms with Crippen LogP contribution in [0.15, 0.2) is 24.3 Å². The third kappa shape index (κ3) is 4.29. The third-order valence-corrected chi connectivity index (χ3v) is 4.83. The van der Waals surface area contributed by atoms with Crippen LogP contribution in [0.2, 0.25) is 0 Å². The Balaban J connectivity index is 1.82. The van der Waals surface area contributed by atoms with Crippen LogP contribution in [0.1, 0.15) is 62.7 Å². The molecule has 3 nitrogen and oxygen atoms in total. The topological polar surface area (TPSA) is 52.5 Å². The number of hydrogen-bond acceptors (Lipinski definition) is 3. The molecule has 0 amide bonds. The molecular weight excluding hydrogens is 262 g/mol. The van der Waals surface area contributed by atoms with Crippen LogP contribution in [-0.2, 0) is 0 Å². The summed E-state index contributed by atoms with van der Waals surface area (Å²) in [4.78, 5) is 0. The highest BCUT2D eigenvalue weighted by atomic mass is 16.3. The Morgan fingerprint density at radius 1 is 1.10 bits per heavy atom. The summed E-state index contributed by atoms with van der Waals surface area (Å²) in [5, 5.41) is 23.2. The van der Waals surface area contributed by atoms with Crippen LogP contribution >= 0.6 is 0 Å². The number of aliphatic hydroxyl groups is 2. The minimum atomic E-state index is -0.483. The summed E-state index contributed by atoms with van der Waals surface area (Å²) in [5.41, 5.74) is 2.29. The van der Waals surface area contributed by atoms with Gasteiger partial charge in [-0.1, -0.05) is 51.0 Å². The highest BCUT2D eigenvalue weighted by Crippen LogP contribution is 2.36. The second kappa shape index (κ2) is 7.39. The van der Waals surface area contributed by atoms with Crippen molar-refractivity contribution in [2.24, 2.45) is 5.41 Å². The first-order valence-corrected chi connectivity index (χ1v) is 8.16. The molecule has 0 heterocycles. The Kier molecular flexibility index (Phi) is 5.80. The lowest BCUT2D eigenvalue weighted by molar-refractivity contribution is 0.117. The van der Waals surface area contributed by atoms with Gasteiger partial charge in [0, 0.05) is 25.1 Å². The van der Waals surface area contributed by atoms with E-state index in [1.807, 2.05) is 12.1 Å². The van der Waals surface area contributed by atoms with Gasteiger partial charge in [-0.2, -0.15) is 0 Å². The quantitative estimate of drug-likeness (QED) is 0.724. The molecule has 3 N–H and O–H groups in total. The summed E-state index contributed by atoms with van der Waals surface area (Å²) in [5.74, 6) is 0.515. The van der Waals surface area contributed by atoms with Gasteiger partial charge in [-0.15, -0.1) is 0 Å². The monoisotopic (exact) mass is 291 g/mol. The van der Waals surface area contributed by atoms with Gasteiger partial charge >= 0.3 is 0 Å². The van der Waals surface area contributed by atoms with E-state index >= 15 is 0 Å². The summed E-state index contributed by atoms with van der Waals surface area (Å²) in [6.07, 6.45) is 4.12. The smallest absolute Gasteiger partial charge is 0.0914 e. The minimum absolute atomic E-state index is 0.0429. The van der Waals surface area contributed by atoms with Gasteiger partial charge < -0.3 is 15.5 Å². The molecule has 1 unspecified atom stereocenters. The predicted octanol–water partition coefficient (Wildman–Crippen LogP) is 2.99. The van der Waals surface area contributed by atoms with E-state index in [1.54, 1.807) is 0 Å².